The number of halogens is 1. The minimum Gasteiger partial charge on any atom is -0.467 e. The van der Waals surface area contributed by atoms with Gasteiger partial charge in [0.1, 0.15) is 16.1 Å². The Labute approximate surface area is 227 Å². The van der Waals surface area contributed by atoms with Gasteiger partial charge in [0.2, 0.25) is 0 Å². The summed E-state index contributed by atoms with van der Waals surface area (Å²) in [5.74, 6) is 1.03. The van der Waals surface area contributed by atoms with Crippen LogP contribution in [0.1, 0.15) is 11.5 Å². The molecule has 0 bridgehead atoms. The predicted molar refractivity (Wildman–Crippen MR) is 148 cm³/mol. The maximum Gasteiger partial charge on any atom is 0.278 e. The van der Waals surface area contributed by atoms with E-state index in [1.165, 1.54) is 39.8 Å². The number of pyridine rings is 1. The van der Waals surface area contributed by atoms with Crippen molar-refractivity contribution in [3.63, 3.8) is 0 Å². The molecule has 1 aromatic carbocycles. The molecule has 184 valence electrons. The van der Waals surface area contributed by atoms with E-state index in [0.717, 1.165) is 0 Å². The third-order valence-electron chi connectivity index (χ3n) is 5.59. The molecule has 0 N–H and O–H groups in total. The van der Waals surface area contributed by atoms with Gasteiger partial charge in [0.05, 0.1) is 29.2 Å². The molecule has 0 amide bonds. The molecular weight excluding hydrogens is 550 g/mol. The van der Waals surface area contributed by atoms with Crippen LogP contribution in [0.5, 0.6) is 0 Å². The Bertz CT molecular complexity index is 1940. The van der Waals surface area contributed by atoms with Crippen LogP contribution in [0.15, 0.2) is 92.3 Å². The van der Waals surface area contributed by atoms with E-state index in [-0.39, 0.29) is 11.1 Å². The van der Waals surface area contributed by atoms with Crippen molar-refractivity contribution in [1.82, 2.24) is 23.5 Å². The highest BCUT2D eigenvalue weighted by Gasteiger charge is 2.19. The average Bonchev–Trinajstić information content (AvgIpc) is 3.52. The second-order valence-corrected chi connectivity index (χ2v) is 11.0. The topological polar surface area (TPSA) is 87.3 Å². The van der Waals surface area contributed by atoms with Crippen LogP contribution in [0.4, 0.5) is 0 Å². The monoisotopic (exact) mass is 565 g/mol. The Morgan fingerprint density at radius 3 is 2.68 bits per heavy atom. The van der Waals surface area contributed by atoms with Gasteiger partial charge >= 0.3 is 0 Å². The highest BCUT2D eigenvalue weighted by molar-refractivity contribution is 7.98. The van der Waals surface area contributed by atoms with Crippen molar-refractivity contribution in [1.29, 1.82) is 0 Å². The van der Waals surface area contributed by atoms with E-state index >= 15 is 0 Å². The van der Waals surface area contributed by atoms with E-state index in [4.69, 9.17) is 33.2 Å². The fraction of sp³-hybridized carbons (Fsp3) is 0.0800. The number of benzene rings is 1. The van der Waals surface area contributed by atoms with Gasteiger partial charge in [0.15, 0.2) is 14.8 Å². The van der Waals surface area contributed by atoms with Crippen molar-refractivity contribution in [3.05, 3.63) is 114 Å². The van der Waals surface area contributed by atoms with Gasteiger partial charge in [0.25, 0.3) is 11.1 Å². The first-order valence-corrected chi connectivity index (χ1v) is 13.6. The maximum absolute atomic E-state index is 13.7. The second-order valence-electron chi connectivity index (χ2n) is 8.01. The summed E-state index contributed by atoms with van der Waals surface area (Å²) in [5.41, 5.74) is 1.77. The molecule has 12 heteroatoms. The first kappa shape index (κ1) is 23.9. The summed E-state index contributed by atoms with van der Waals surface area (Å²) in [5, 5.41) is 0.908. The third-order valence-corrected chi connectivity index (χ3v) is 8.22. The average molecular weight is 566 g/mol. The number of para-hydroxylation sites is 1. The smallest absolute Gasteiger partial charge is 0.278 e. The number of rotatable bonds is 6. The van der Waals surface area contributed by atoms with E-state index in [1.54, 1.807) is 33.6 Å². The minimum absolute atomic E-state index is 0.214. The van der Waals surface area contributed by atoms with Gasteiger partial charge in [-0.1, -0.05) is 52.9 Å². The van der Waals surface area contributed by atoms with Crippen LogP contribution < -0.4 is 11.1 Å². The molecule has 0 aliphatic carbocycles. The molecule has 0 unspecified atom stereocenters. The Morgan fingerprint density at radius 1 is 1.05 bits per heavy atom. The lowest BCUT2D eigenvalue weighted by Gasteiger charge is -2.13. The molecule has 0 radical (unpaired) electrons. The number of thioether (sulfide) groups is 1. The van der Waals surface area contributed by atoms with Gasteiger partial charge in [-0.05, 0) is 48.6 Å². The fourth-order valence-corrected chi connectivity index (χ4v) is 6.23. The molecular formula is C25H16ClN5O3S3. The Morgan fingerprint density at radius 2 is 1.89 bits per heavy atom. The fourth-order valence-electron chi connectivity index (χ4n) is 3.91. The molecule has 0 aliphatic rings. The van der Waals surface area contributed by atoms with Crippen LogP contribution in [-0.2, 0) is 12.3 Å². The zero-order valence-corrected chi connectivity index (χ0v) is 22.1. The van der Waals surface area contributed by atoms with E-state index in [1.807, 2.05) is 36.4 Å². The molecule has 0 spiro atoms. The van der Waals surface area contributed by atoms with Gasteiger partial charge in [-0.15, -0.1) is 0 Å². The molecule has 5 aromatic heterocycles. The normalized spacial score (nSPS) is 11.5. The zero-order chi connectivity index (χ0) is 25.5. The standard InChI is InChI=1S/C25H16ClN5O3S3/c26-15-8-9-19-27-16(11-20(32)29(19)12-15)14-36-24-28-22-21(23(33)31(24)17-5-2-1-3-6-17)37-25(35)30(22)13-18-7-4-10-34-18/h1-12H,13-14H2. The largest absolute Gasteiger partial charge is 0.467 e. The molecule has 6 rings (SSSR count). The summed E-state index contributed by atoms with van der Waals surface area (Å²) >= 11 is 14.2. The van der Waals surface area contributed by atoms with Crippen molar-refractivity contribution in [3.8, 4) is 5.69 Å². The van der Waals surface area contributed by atoms with Crippen molar-refractivity contribution >= 4 is 62.9 Å². The number of aromatic nitrogens is 5. The van der Waals surface area contributed by atoms with Crippen LogP contribution in [0.25, 0.3) is 21.7 Å². The van der Waals surface area contributed by atoms with Gasteiger partial charge in [-0.3, -0.25) is 23.1 Å². The number of nitrogens with zero attached hydrogens (tertiary/aromatic N) is 5. The number of hydrogen-bond donors (Lipinski definition) is 0. The Balaban J connectivity index is 1.47. The van der Waals surface area contributed by atoms with Crippen molar-refractivity contribution < 1.29 is 4.42 Å². The number of fused-ring (bicyclic) bond motifs is 2. The van der Waals surface area contributed by atoms with Gasteiger partial charge in [0, 0.05) is 18.0 Å². The van der Waals surface area contributed by atoms with Crippen LogP contribution in [-0.4, -0.2) is 23.5 Å². The summed E-state index contributed by atoms with van der Waals surface area (Å²) in [4.78, 5) is 35.9. The molecule has 0 aliphatic heterocycles. The minimum atomic E-state index is -0.239. The molecule has 5 heterocycles. The van der Waals surface area contributed by atoms with Crippen LogP contribution >= 0.6 is 46.9 Å². The highest BCUT2D eigenvalue weighted by Crippen LogP contribution is 2.27. The maximum atomic E-state index is 13.7. The number of furan rings is 1. The van der Waals surface area contributed by atoms with Crippen molar-refractivity contribution in [2.75, 3.05) is 0 Å². The zero-order valence-electron chi connectivity index (χ0n) is 18.9. The van der Waals surface area contributed by atoms with Crippen LogP contribution in [0, 0.1) is 3.95 Å². The molecule has 8 nitrogen and oxygen atoms in total. The van der Waals surface area contributed by atoms with Crippen LogP contribution in [0.2, 0.25) is 5.02 Å². The van der Waals surface area contributed by atoms with Crippen LogP contribution in [0.3, 0.4) is 0 Å². The predicted octanol–water partition coefficient (Wildman–Crippen LogP) is 5.57. The summed E-state index contributed by atoms with van der Waals surface area (Å²) in [6, 6.07) is 17.8. The van der Waals surface area contributed by atoms with E-state index < -0.39 is 0 Å². The molecule has 0 fully saturated rings. The lowest BCUT2D eigenvalue weighted by atomic mass is 10.3. The van der Waals surface area contributed by atoms with E-state index in [9.17, 15) is 9.59 Å². The summed E-state index contributed by atoms with van der Waals surface area (Å²) in [6.07, 6.45) is 3.13. The quantitative estimate of drug-likeness (QED) is 0.148. The molecule has 0 atom stereocenters. The number of hydrogen-bond acceptors (Lipinski definition) is 8. The van der Waals surface area contributed by atoms with E-state index in [2.05, 4.69) is 4.98 Å². The first-order valence-electron chi connectivity index (χ1n) is 11.0. The molecule has 0 saturated carbocycles. The van der Waals surface area contributed by atoms with Gasteiger partial charge in [-0.25, -0.2) is 9.97 Å². The Hall–Kier alpha value is -3.51. The van der Waals surface area contributed by atoms with Crippen molar-refractivity contribution in [2.24, 2.45) is 0 Å². The van der Waals surface area contributed by atoms with E-state index in [0.29, 0.717) is 59.6 Å². The first-order chi connectivity index (χ1) is 18.0. The molecule has 0 saturated heterocycles. The summed E-state index contributed by atoms with van der Waals surface area (Å²) in [7, 11) is 0. The second kappa shape index (κ2) is 9.75. The van der Waals surface area contributed by atoms with Crippen molar-refractivity contribution in [2.45, 2.75) is 17.5 Å². The molecule has 37 heavy (non-hydrogen) atoms. The lowest BCUT2D eigenvalue weighted by Crippen LogP contribution is -2.22. The Kier molecular flexibility index (Phi) is 6.29. The van der Waals surface area contributed by atoms with Gasteiger partial charge in [-0.2, -0.15) is 0 Å². The lowest BCUT2D eigenvalue weighted by molar-refractivity contribution is 0.495. The highest BCUT2D eigenvalue weighted by atomic mass is 35.5. The summed E-state index contributed by atoms with van der Waals surface area (Å²) < 4.78 is 11.3. The number of thiazole rings is 1. The van der Waals surface area contributed by atoms with Gasteiger partial charge < -0.3 is 4.42 Å². The summed E-state index contributed by atoms with van der Waals surface area (Å²) in [6.45, 7) is 0.364. The SMILES string of the molecule is O=c1c2sc(=S)n(Cc3ccco3)c2nc(SCc2cc(=O)n3cc(Cl)ccc3n2)n1-c1ccccc1. The molecule has 6 aromatic rings. The third kappa shape index (κ3) is 4.55.